The first-order chi connectivity index (χ1) is 16.6. The Morgan fingerprint density at radius 1 is 1.31 bits per heavy atom. The summed E-state index contributed by atoms with van der Waals surface area (Å²) < 4.78 is 12.4. The number of hydrogen-bond donors (Lipinski definition) is 2. The quantitative estimate of drug-likeness (QED) is 0.498. The number of carbonyl (C=O) groups is 2. The summed E-state index contributed by atoms with van der Waals surface area (Å²) in [6.07, 6.45) is 0.823. The number of rotatable bonds is 5. The van der Waals surface area contributed by atoms with Crippen LogP contribution >= 0.6 is 27.5 Å². The summed E-state index contributed by atoms with van der Waals surface area (Å²) in [7, 11) is 0. The number of nitriles is 1. The molecule has 1 aliphatic carbocycles. The molecule has 1 atom stereocenters. The first-order valence-corrected chi connectivity index (χ1v) is 12.1. The van der Waals surface area contributed by atoms with Gasteiger partial charge in [0.15, 0.2) is 12.4 Å². The highest BCUT2D eigenvalue weighted by Gasteiger charge is 2.43. The van der Waals surface area contributed by atoms with E-state index >= 15 is 0 Å². The van der Waals surface area contributed by atoms with Gasteiger partial charge in [0, 0.05) is 28.5 Å². The van der Waals surface area contributed by atoms with Crippen molar-refractivity contribution in [3.05, 3.63) is 80.3 Å². The standard InChI is InChI=1S/C26H23BrClN3O4/c1-26(2)10-19(32)24-21(11-26)35-25(30)16(12-29)23(24)15-9-14(27)7-8-20(15)34-13-22(33)31-18-6-4-3-5-17(18)28/h3-9,23H,10-11,13,30H2,1-2H3,(H,31,33). The van der Waals surface area contributed by atoms with Gasteiger partial charge in [0.2, 0.25) is 5.88 Å². The van der Waals surface area contributed by atoms with Gasteiger partial charge in [-0.2, -0.15) is 5.26 Å². The average molecular weight is 557 g/mol. The zero-order chi connectivity index (χ0) is 25.3. The van der Waals surface area contributed by atoms with Gasteiger partial charge in [-0.05, 0) is 35.7 Å². The molecule has 1 aliphatic heterocycles. The Balaban J connectivity index is 1.69. The van der Waals surface area contributed by atoms with E-state index < -0.39 is 11.8 Å². The lowest BCUT2D eigenvalue weighted by atomic mass is 9.70. The monoisotopic (exact) mass is 555 g/mol. The third-order valence-electron chi connectivity index (χ3n) is 5.87. The van der Waals surface area contributed by atoms with Crippen molar-refractivity contribution in [3.63, 3.8) is 0 Å². The number of allylic oxidation sites excluding steroid dienone is 3. The van der Waals surface area contributed by atoms with Crippen LogP contribution in [0.25, 0.3) is 0 Å². The Morgan fingerprint density at radius 2 is 2.06 bits per heavy atom. The fourth-order valence-electron chi connectivity index (χ4n) is 4.36. The summed E-state index contributed by atoms with van der Waals surface area (Å²) in [5.74, 6) is -0.515. The molecule has 0 spiro atoms. The minimum atomic E-state index is -0.772. The second kappa shape index (κ2) is 9.76. The van der Waals surface area contributed by atoms with Crippen LogP contribution in [0, 0.1) is 16.7 Å². The topological polar surface area (TPSA) is 114 Å². The Bertz CT molecular complexity index is 1330. The fourth-order valence-corrected chi connectivity index (χ4v) is 4.93. The number of halogens is 2. The Labute approximate surface area is 216 Å². The first kappa shape index (κ1) is 24.8. The van der Waals surface area contributed by atoms with E-state index in [1.807, 2.05) is 13.8 Å². The number of Topliss-reactive ketones (excluding diaryl/α,β-unsaturated/α-hetero) is 1. The van der Waals surface area contributed by atoms with Crippen LogP contribution in [-0.2, 0) is 14.3 Å². The van der Waals surface area contributed by atoms with Gasteiger partial charge in [-0.1, -0.05) is 53.5 Å². The Morgan fingerprint density at radius 3 is 2.77 bits per heavy atom. The van der Waals surface area contributed by atoms with E-state index in [1.165, 1.54) is 0 Å². The number of carbonyl (C=O) groups excluding carboxylic acids is 2. The molecule has 9 heteroatoms. The van der Waals surface area contributed by atoms with Gasteiger partial charge in [-0.25, -0.2) is 0 Å². The van der Waals surface area contributed by atoms with Crippen LogP contribution in [0.2, 0.25) is 5.02 Å². The predicted octanol–water partition coefficient (Wildman–Crippen LogP) is 5.57. The minimum Gasteiger partial charge on any atom is -0.483 e. The molecule has 0 saturated carbocycles. The fraction of sp³-hybridized carbons (Fsp3) is 0.269. The number of nitrogens with one attached hydrogen (secondary N) is 1. The number of nitrogens with two attached hydrogens (primary N) is 1. The molecule has 0 radical (unpaired) electrons. The van der Waals surface area contributed by atoms with E-state index in [2.05, 4.69) is 27.3 Å². The number of anilines is 1. The smallest absolute Gasteiger partial charge is 0.262 e. The molecule has 0 fully saturated rings. The van der Waals surface area contributed by atoms with E-state index in [0.717, 1.165) is 0 Å². The van der Waals surface area contributed by atoms with E-state index in [0.29, 0.717) is 50.7 Å². The van der Waals surface area contributed by atoms with Crippen LogP contribution in [0.3, 0.4) is 0 Å². The van der Waals surface area contributed by atoms with Gasteiger partial charge < -0.3 is 20.5 Å². The van der Waals surface area contributed by atoms with Gasteiger partial charge in [0.25, 0.3) is 5.91 Å². The van der Waals surface area contributed by atoms with Gasteiger partial charge in [0.05, 0.1) is 16.6 Å². The number of ketones is 1. The van der Waals surface area contributed by atoms with Crippen molar-refractivity contribution in [2.75, 3.05) is 11.9 Å². The average Bonchev–Trinajstić information content (AvgIpc) is 2.78. The molecule has 0 aromatic heterocycles. The van der Waals surface area contributed by atoms with Crippen molar-refractivity contribution >= 4 is 44.9 Å². The summed E-state index contributed by atoms with van der Waals surface area (Å²) in [4.78, 5) is 25.8. The number of hydrogen-bond acceptors (Lipinski definition) is 6. The maximum Gasteiger partial charge on any atom is 0.262 e. The number of amides is 1. The van der Waals surface area contributed by atoms with Crippen LogP contribution in [0.15, 0.2) is 69.7 Å². The second-order valence-corrected chi connectivity index (χ2v) is 10.5. The van der Waals surface area contributed by atoms with Crippen molar-refractivity contribution in [1.82, 2.24) is 0 Å². The highest BCUT2D eigenvalue weighted by atomic mass is 79.9. The van der Waals surface area contributed by atoms with Crippen LogP contribution in [0.5, 0.6) is 5.75 Å². The van der Waals surface area contributed by atoms with E-state index in [9.17, 15) is 14.9 Å². The summed E-state index contributed by atoms with van der Waals surface area (Å²) in [6.45, 7) is 3.66. The molecular weight excluding hydrogens is 534 g/mol. The largest absolute Gasteiger partial charge is 0.483 e. The van der Waals surface area contributed by atoms with Gasteiger partial charge in [-0.15, -0.1) is 0 Å². The SMILES string of the molecule is CC1(C)CC(=O)C2=C(C1)OC(N)=C(C#N)C2c1cc(Br)ccc1OCC(=O)Nc1ccccc1Cl. The summed E-state index contributed by atoms with van der Waals surface area (Å²) in [5, 5.41) is 13.0. The van der Waals surface area contributed by atoms with Crippen molar-refractivity contribution in [1.29, 1.82) is 5.26 Å². The van der Waals surface area contributed by atoms with Crippen LogP contribution in [0.1, 0.15) is 38.2 Å². The number of benzene rings is 2. The van der Waals surface area contributed by atoms with Gasteiger partial charge >= 0.3 is 0 Å². The van der Waals surface area contributed by atoms with Crippen molar-refractivity contribution in [2.24, 2.45) is 11.1 Å². The molecule has 1 unspecified atom stereocenters. The molecule has 0 bridgehead atoms. The van der Waals surface area contributed by atoms with Crippen LogP contribution in [-0.4, -0.2) is 18.3 Å². The Hall–Kier alpha value is -3.28. The predicted molar refractivity (Wildman–Crippen MR) is 135 cm³/mol. The maximum absolute atomic E-state index is 13.3. The zero-order valence-corrected chi connectivity index (χ0v) is 21.5. The number of para-hydroxylation sites is 1. The lowest BCUT2D eigenvalue weighted by Gasteiger charge is -2.37. The number of nitrogens with zero attached hydrogens (tertiary/aromatic N) is 1. The van der Waals surface area contributed by atoms with Gasteiger partial charge in [0.1, 0.15) is 23.2 Å². The maximum atomic E-state index is 13.3. The molecule has 2 aromatic carbocycles. The zero-order valence-electron chi connectivity index (χ0n) is 19.2. The molecule has 2 aromatic rings. The summed E-state index contributed by atoms with van der Waals surface area (Å²) >= 11 is 9.58. The third-order valence-corrected chi connectivity index (χ3v) is 6.69. The van der Waals surface area contributed by atoms with Crippen molar-refractivity contribution in [2.45, 2.75) is 32.6 Å². The van der Waals surface area contributed by atoms with E-state index in [1.54, 1.807) is 42.5 Å². The molecule has 0 saturated heterocycles. The highest BCUT2D eigenvalue weighted by Crippen LogP contribution is 2.49. The van der Waals surface area contributed by atoms with Gasteiger partial charge in [-0.3, -0.25) is 9.59 Å². The second-order valence-electron chi connectivity index (χ2n) is 9.20. The molecule has 180 valence electrons. The molecule has 4 rings (SSSR count). The Kier molecular flexibility index (Phi) is 6.93. The molecule has 7 nitrogen and oxygen atoms in total. The lowest BCUT2D eigenvalue weighted by molar-refractivity contribution is -0.119. The molecule has 1 amide bonds. The molecule has 2 aliphatic rings. The molecule has 35 heavy (non-hydrogen) atoms. The van der Waals surface area contributed by atoms with E-state index in [4.69, 9.17) is 26.8 Å². The molecular formula is C26H23BrClN3O4. The number of ether oxygens (including phenoxy) is 2. The normalized spacial score (nSPS) is 18.9. The van der Waals surface area contributed by atoms with Crippen molar-refractivity contribution in [3.8, 4) is 11.8 Å². The van der Waals surface area contributed by atoms with E-state index in [-0.39, 0.29) is 29.3 Å². The summed E-state index contributed by atoms with van der Waals surface area (Å²) in [5.41, 5.74) is 7.37. The molecule has 3 N–H and O–H groups in total. The first-order valence-electron chi connectivity index (χ1n) is 10.9. The lowest BCUT2D eigenvalue weighted by Crippen LogP contribution is -2.33. The summed E-state index contributed by atoms with van der Waals surface area (Å²) in [6, 6.07) is 14.2. The van der Waals surface area contributed by atoms with Crippen molar-refractivity contribution < 1.29 is 19.1 Å². The minimum absolute atomic E-state index is 0.0378. The molecule has 1 heterocycles. The van der Waals surface area contributed by atoms with Crippen LogP contribution in [0.4, 0.5) is 5.69 Å². The third kappa shape index (κ3) is 5.21. The highest BCUT2D eigenvalue weighted by molar-refractivity contribution is 9.10. The van der Waals surface area contributed by atoms with Crippen LogP contribution < -0.4 is 15.8 Å².